The summed E-state index contributed by atoms with van der Waals surface area (Å²) in [5, 5.41) is 22.7. The first-order valence-electron chi connectivity index (χ1n) is 8.41. The number of non-ortho nitro benzene ring substituents is 1. The van der Waals surface area contributed by atoms with Crippen LogP contribution in [0, 0.1) is 10.1 Å². The number of aliphatic imine (C=N–C) groups is 1. The van der Waals surface area contributed by atoms with Gasteiger partial charge in [0.05, 0.1) is 24.6 Å². The largest absolute Gasteiger partial charge is 0.872 e. The van der Waals surface area contributed by atoms with Crippen molar-refractivity contribution in [3.8, 4) is 5.75 Å². The molecule has 25 heavy (non-hydrogen) atoms. The Morgan fingerprint density at radius 1 is 1.16 bits per heavy atom. The molecule has 2 aromatic carbocycles. The SMILES string of the molecule is CC[NH+](CC)[C@@H](CN=Cc1cc([N+](=O)[O-])ccc1[O-])c1ccccc1. The summed E-state index contributed by atoms with van der Waals surface area (Å²) in [7, 11) is 0. The number of likely N-dealkylation sites (N-methyl/N-ethyl adjacent to an activating group) is 1. The van der Waals surface area contributed by atoms with Gasteiger partial charge in [-0.1, -0.05) is 42.1 Å². The van der Waals surface area contributed by atoms with Crippen molar-refractivity contribution in [1.82, 2.24) is 0 Å². The predicted molar refractivity (Wildman–Crippen MR) is 96.2 cm³/mol. The summed E-state index contributed by atoms with van der Waals surface area (Å²) in [6.45, 7) is 6.72. The number of quaternary nitrogens is 1. The van der Waals surface area contributed by atoms with Gasteiger partial charge < -0.3 is 10.0 Å². The summed E-state index contributed by atoms with van der Waals surface area (Å²) in [4.78, 5) is 16.2. The van der Waals surface area contributed by atoms with Crippen LogP contribution in [0.15, 0.2) is 53.5 Å². The van der Waals surface area contributed by atoms with E-state index in [1.54, 1.807) is 0 Å². The van der Waals surface area contributed by atoms with E-state index >= 15 is 0 Å². The molecular formula is C19H23N3O3. The number of rotatable bonds is 8. The minimum Gasteiger partial charge on any atom is -0.872 e. The van der Waals surface area contributed by atoms with Gasteiger partial charge in [0.25, 0.3) is 5.69 Å². The minimum atomic E-state index is -0.510. The smallest absolute Gasteiger partial charge is 0.270 e. The van der Waals surface area contributed by atoms with Crippen molar-refractivity contribution in [1.29, 1.82) is 0 Å². The van der Waals surface area contributed by atoms with Crippen LogP contribution in [0.5, 0.6) is 5.75 Å². The van der Waals surface area contributed by atoms with Crippen molar-refractivity contribution in [2.45, 2.75) is 19.9 Å². The first-order valence-corrected chi connectivity index (χ1v) is 8.41. The average molecular weight is 341 g/mol. The number of hydrogen-bond donors (Lipinski definition) is 1. The van der Waals surface area contributed by atoms with Crippen LogP contribution in [-0.4, -0.2) is 30.8 Å². The molecule has 0 fully saturated rings. The third-order valence-corrected chi connectivity index (χ3v) is 4.33. The van der Waals surface area contributed by atoms with E-state index < -0.39 is 4.92 Å². The maximum atomic E-state index is 11.9. The second-order valence-corrected chi connectivity index (χ2v) is 5.80. The molecular weight excluding hydrogens is 318 g/mol. The summed E-state index contributed by atoms with van der Waals surface area (Å²) in [6.07, 6.45) is 1.45. The molecule has 0 saturated carbocycles. The third kappa shape index (κ3) is 4.87. The summed E-state index contributed by atoms with van der Waals surface area (Å²) in [6, 6.07) is 14.0. The molecule has 0 unspecified atom stereocenters. The van der Waals surface area contributed by atoms with Crippen LogP contribution in [0.1, 0.15) is 31.0 Å². The van der Waals surface area contributed by atoms with Crippen LogP contribution in [0.2, 0.25) is 0 Å². The molecule has 1 atom stereocenters. The topological polar surface area (TPSA) is 83.0 Å². The first kappa shape index (κ1) is 18.6. The van der Waals surface area contributed by atoms with E-state index in [0.717, 1.165) is 13.1 Å². The van der Waals surface area contributed by atoms with Gasteiger partial charge in [0, 0.05) is 23.9 Å². The lowest BCUT2D eigenvalue weighted by Crippen LogP contribution is -3.12. The lowest BCUT2D eigenvalue weighted by atomic mass is 10.1. The van der Waals surface area contributed by atoms with Gasteiger partial charge in [-0.25, -0.2) is 0 Å². The highest BCUT2D eigenvalue weighted by Crippen LogP contribution is 2.19. The highest BCUT2D eigenvalue weighted by molar-refractivity contribution is 5.84. The Morgan fingerprint density at radius 2 is 1.84 bits per heavy atom. The first-order chi connectivity index (χ1) is 12.1. The van der Waals surface area contributed by atoms with Gasteiger partial charge in [-0.05, 0) is 19.4 Å². The van der Waals surface area contributed by atoms with E-state index in [4.69, 9.17) is 0 Å². The van der Waals surface area contributed by atoms with Crippen molar-refractivity contribution in [2.75, 3.05) is 19.6 Å². The molecule has 2 aromatic rings. The number of benzene rings is 2. The molecule has 0 spiro atoms. The van der Waals surface area contributed by atoms with Crippen molar-refractivity contribution in [2.24, 2.45) is 4.99 Å². The van der Waals surface area contributed by atoms with E-state index in [1.807, 2.05) is 18.2 Å². The van der Waals surface area contributed by atoms with Gasteiger partial charge in [-0.3, -0.25) is 15.1 Å². The molecule has 0 heterocycles. The van der Waals surface area contributed by atoms with Crippen LogP contribution < -0.4 is 10.0 Å². The Labute approximate surface area is 147 Å². The van der Waals surface area contributed by atoms with Gasteiger partial charge in [-0.2, -0.15) is 0 Å². The van der Waals surface area contributed by atoms with Crippen molar-refractivity contribution >= 4 is 11.9 Å². The molecule has 0 amide bonds. The summed E-state index contributed by atoms with van der Waals surface area (Å²) in [5.41, 5.74) is 1.34. The lowest BCUT2D eigenvalue weighted by Gasteiger charge is -2.25. The molecule has 1 N–H and O–H groups in total. The van der Waals surface area contributed by atoms with Gasteiger partial charge >= 0.3 is 0 Å². The normalized spacial score (nSPS) is 12.6. The molecule has 0 aliphatic carbocycles. The van der Waals surface area contributed by atoms with Crippen molar-refractivity contribution in [3.63, 3.8) is 0 Å². The molecule has 0 aliphatic heterocycles. The van der Waals surface area contributed by atoms with Crippen LogP contribution in [-0.2, 0) is 0 Å². The minimum absolute atomic E-state index is 0.102. The quantitative estimate of drug-likeness (QED) is 0.451. The molecule has 6 heteroatoms. The second kappa shape index (κ2) is 8.94. The maximum absolute atomic E-state index is 11.9. The Hall–Kier alpha value is -2.73. The van der Waals surface area contributed by atoms with E-state index in [0.29, 0.717) is 6.54 Å². The van der Waals surface area contributed by atoms with Gasteiger partial charge in [0.1, 0.15) is 6.04 Å². The predicted octanol–water partition coefficient (Wildman–Crippen LogP) is 1.75. The lowest BCUT2D eigenvalue weighted by molar-refractivity contribution is -0.926. The number of nitrogens with one attached hydrogen (secondary N) is 1. The van der Waals surface area contributed by atoms with Gasteiger partial charge in [-0.15, -0.1) is 0 Å². The molecule has 6 nitrogen and oxygen atoms in total. The number of nitro benzene ring substituents is 1. The fraction of sp³-hybridized carbons (Fsp3) is 0.316. The molecule has 132 valence electrons. The molecule has 0 aliphatic rings. The van der Waals surface area contributed by atoms with Crippen LogP contribution in [0.3, 0.4) is 0 Å². The van der Waals surface area contributed by atoms with Crippen molar-refractivity contribution in [3.05, 3.63) is 69.8 Å². The Bertz CT molecular complexity index is 728. The molecule has 0 radical (unpaired) electrons. The fourth-order valence-corrected chi connectivity index (χ4v) is 2.91. The fourth-order valence-electron chi connectivity index (χ4n) is 2.91. The van der Waals surface area contributed by atoms with Crippen molar-refractivity contribution < 1.29 is 14.9 Å². The summed E-state index contributed by atoms with van der Waals surface area (Å²) >= 11 is 0. The molecule has 0 saturated heterocycles. The van der Waals surface area contributed by atoms with Gasteiger partial charge in [0.2, 0.25) is 0 Å². The Morgan fingerprint density at radius 3 is 2.44 bits per heavy atom. The number of nitro groups is 1. The van der Waals surface area contributed by atoms with Crippen LogP contribution >= 0.6 is 0 Å². The number of hydrogen-bond acceptors (Lipinski definition) is 4. The van der Waals surface area contributed by atoms with Crippen LogP contribution in [0.4, 0.5) is 5.69 Å². The zero-order valence-electron chi connectivity index (χ0n) is 14.5. The number of nitrogens with zero attached hydrogens (tertiary/aromatic N) is 2. The second-order valence-electron chi connectivity index (χ2n) is 5.80. The highest BCUT2D eigenvalue weighted by Gasteiger charge is 2.20. The van der Waals surface area contributed by atoms with E-state index in [1.165, 1.54) is 34.9 Å². The molecule has 2 rings (SSSR count). The highest BCUT2D eigenvalue weighted by atomic mass is 16.6. The van der Waals surface area contributed by atoms with E-state index in [9.17, 15) is 15.2 Å². The monoisotopic (exact) mass is 341 g/mol. The Kier molecular flexibility index (Phi) is 6.65. The van der Waals surface area contributed by atoms with E-state index in [-0.39, 0.29) is 23.0 Å². The summed E-state index contributed by atoms with van der Waals surface area (Å²) < 4.78 is 0. The zero-order valence-corrected chi connectivity index (χ0v) is 14.5. The third-order valence-electron chi connectivity index (χ3n) is 4.33. The molecule has 0 aromatic heterocycles. The van der Waals surface area contributed by atoms with Gasteiger partial charge in [0.15, 0.2) is 0 Å². The van der Waals surface area contributed by atoms with Crippen LogP contribution in [0.25, 0.3) is 0 Å². The van der Waals surface area contributed by atoms with E-state index in [2.05, 4.69) is 31.0 Å². The molecule has 0 bridgehead atoms. The summed E-state index contributed by atoms with van der Waals surface area (Å²) in [5.74, 6) is -0.263. The standard InChI is InChI=1S/C19H23N3O3/c1-3-21(4-2)18(15-8-6-5-7-9-15)14-20-13-16-12-17(22(24)25)10-11-19(16)23/h5-13,18,23H,3-4,14H2,1-2H3/t18-/m0/s1. The Balaban J connectivity index is 2.21. The zero-order chi connectivity index (χ0) is 18.2. The maximum Gasteiger partial charge on any atom is 0.270 e. The average Bonchev–Trinajstić information content (AvgIpc) is 2.63.